The van der Waals surface area contributed by atoms with Crippen molar-refractivity contribution in [3.63, 3.8) is 0 Å². The Balaban J connectivity index is 2.75. The van der Waals surface area contributed by atoms with Crippen LogP contribution in [0.25, 0.3) is 0 Å². The van der Waals surface area contributed by atoms with Gasteiger partial charge < -0.3 is 35.4 Å². The van der Waals surface area contributed by atoms with E-state index >= 15 is 0 Å². The maximum Gasteiger partial charge on any atom is 0.364 e. The van der Waals surface area contributed by atoms with E-state index in [0.717, 1.165) is 0 Å². The lowest BCUT2D eigenvalue weighted by Crippen LogP contribution is -2.46. The van der Waals surface area contributed by atoms with Crippen LogP contribution in [-0.4, -0.2) is 73.4 Å². The van der Waals surface area contributed by atoms with Gasteiger partial charge in [0.05, 0.1) is 12.7 Å². The van der Waals surface area contributed by atoms with Gasteiger partial charge in [-0.2, -0.15) is 0 Å². The molecule has 0 bridgehead atoms. The number of hydrogen-bond donors (Lipinski definition) is 6. The van der Waals surface area contributed by atoms with E-state index in [4.69, 9.17) is 15.3 Å². The van der Waals surface area contributed by atoms with Crippen molar-refractivity contribution < 1.29 is 40.2 Å². The quantitative estimate of drug-likeness (QED) is 0.297. The van der Waals surface area contributed by atoms with Crippen molar-refractivity contribution in [2.75, 3.05) is 6.61 Å². The lowest BCUT2D eigenvalue weighted by molar-refractivity contribution is -0.230. The molecule has 1 aliphatic rings. The minimum atomic E-state index is -2.58. The van der Waals surface area contributed by atoms with Gasteiger partial charge in [-0.15, -0.1) is 0 Å². The van der Waals surface area contributed by atoms with Crippen molar-refractivity contribution in [1.29, 1.82) is 0 Å². The molecule has 8 heteroatoms. The molecule has 1 unspecified atom stereocenters. The Labute approximate surface area is 90.3 Å². The molecule has 0 saturated carbocycles. The summed E-state index contributed by atoms with van der Waals surface area (Å²) in [6.45, 7) is -0.779. The van der Waals surface area contributed by atoms with E-state index in [0.29, 0.717) is 0 Å². The van der Waals surface area contributed by atoms with Crippen LogP contribution in [0, 0.1) is 0 Å². The van der Waals surface area contributed by atoms with E-state index in [1.54, 1.807) is 0 Å². The van der Waals surface area contributed by atoms with Crippen molar-refractivity contribution in [2.24, 2.45) is 0 Å². The van der Waals surface area contributed by atoms with Gasteiger partial charge in [0.25, 0.3) is 5.79 Å². The summed E-state index contributed by atoms with van der Waals surface area (Å²) < 4.78 is 4.59. The number of ether oxygens (including phenoxy) is 1. The van der Waals surface area contributed by atoms with Gasteiger partial charge in [-0.1, -0.05) is 0 Å². The van der Waals surface area contributed by atoms with E-state index in [9.17, 15) is 20.1 Å². The molecular formula is C8H14O8. The van der Waals surface area contributed by atoms with Crippen molar-refractivity contribution in [2.45, 2.75) is 36.6 Å². The van der Waals surface area contributed by atoms with Crippen LogP contribution in [0.5, 0.6) is 0 Å². The Morgan fingerprint density at radius 2 is 2.06 bits per heavy atom. The zero-order chi connectivity index (χ0) is 12.5. The Morgan fingerprint density at radius 3 is 2.44 bits per heavy atom. The van der Waals surface area contributed by atoms with Crippen LogP contribution in [0.1, 0.15) is 6.42 Å². The van der Waals surface area contributed by atoms with Gasteiger partial charge in [-0.3, -0.25) is 0 Å². The molecular weight excluding hydrogens is 224 g/mol. The first-order chi connectivity index (χ1) is 7.31. The third-order valence-electron chi connectivity index (χ3n) is 2.45. The molecule has 1 saturated heterocycles. The first-order valence-electron chi connectivity index (χ1n) is 4.60. The van der Waals surface area contributed by atoms with Crippen LogP contribution >= 0.6 is 0 Å². The molecule has 0 aromatic heterocycles. The summed E-state index contributed by atoms with van der Waals surface area (Å²) in [6.07, 6.45) is -6.81. The second-order valence-electron chi connectivity index (χ2n) is 3.68. The van der Waals surface area contributed by atoms with Gasteiger partial charge in [0.15, 0.2) is 0 Å². The normalized spacial score (nSPS) is 38.3. The van der Waals surface area contributed by atoms with Gasteiger partial charge in [-0.25, -0.2) is 4.79 Å². The van der Waals surface area contributed by atoms with Crippen LogP contribution in [-0.2, 0) is 9.53 Å². The highest BCUT2D eigenvalue weighted by Gasteiger charge is 2.53. The van der Waals surface area contributed by atoms with Crippen molar-refractivity contribution in [3.05, 3.63) is 0 Å². The van der Waals surface area contributed by atoms with Gasteiger partial charge in [-0.05, 0) is 0 Å². The minimum Gasteiger partial charge on any atom is -0.477 e. The first kappa shape index (κ1) is 13.3. The lowest BCUT2D eigenvalue weighted by atomic mass is 10.0. The van der Waals surface area contributed by atoms with Crippen LogP contribution in [0.2, 0.25) is 0 Å². The largest absolute Gasteiger partial charge is 0.477 e. The smallest absolute Gasteiger partial charge is 0.364 e. The summed E-state index contributed by atoms with van der Waals surface area (Å²) in [5.41, 5.74) is 0. The molecule has 1 rings (SSSR count). The third-order valence-corrected chi connectivity index (χ3v) is 2.45. The Morgan fingerprint density at radius 1 is 1.50 bits per heavy atom. The Hall–Kier alpha value is -0.770. The number of carboxylic acid groups (broad SMARTS) is 1. The Bertz CT molecular complexity index is 269. The second kappa shape index (κ2) is 4.62. The molecule has 0 spiro atoms. The fraction of sp³-hybridized carbons (Fsp3) is 0.875. The van der Waals surface area contributed by atoms with Crippen LogP contribution in [0.3, 0.4) is 0 Å². The number of hydrogen-bond acceptors (Lipinski definition) is 7. The average molecular weight is 238 g/mol. The minimum absolute atomic E-state index is 0.623. The number of aliphatic carboxylic acids is 1. The first-order valence-corrected chi connectivity index (χ1v) is 4.60. The molecule has 0 aromatic carbocycles. The van der Waals surface area contributed by atoms with E-state index in [1.807, 2.05) is 0 Å². The molecule has 1 heterocycles. The standard InChI is InChI=1S/C8H14O8/c9-2-4(11)5(12)6-3(10)1-8(15,16-6)7(13)14/h3-6,9-12,15H,1-2H2,(H,13,14)/t3-,4+,5-,6-,8?/m1/s1. The van der Waals surface area contributed by atoms with E-state index in [2.05, 4.69) is 4.74 Å². The number of rotatable bonds is 4. The number of aliphatic hydroxyl groups is 5. The van der Waals surface area contributed by atoms with Gasteiger partial charge in [0.2, 0.25) is 0 Å². The molecule has 8 nitrogen and oxygen atoms in total. The highest BCUT2D eigenvalue weighted by Crippen LogP contribution is 2.31. The summed E-state index contributed by atoms with van der Waals surface area (Å²) >= 11 is 0. The number of carboxylic acids is 1. The molecule has 5 atom stereocenters. The highest BCUT2D eigenvalue weighted by molar-refractivity contribution is 5.75. The average Bonchev–Trinajstić information content (AvgIpc) is 2.53. The molecule has 0 aromatic rings. The van der Waals surface area contributed by atoms with Gasteiger partial charge in [0, 0.05) is 6.42 Å². The second-order valence-corrected chi connectivity index (χ2v) is 3.68. The maximum absolute atomic E-state index is 10.6. The van der Waals surface area contributed by atoms with Crippen molar-refractivity contribution in [3.8, 4) is 0 Å². The summed E-state index contributed by atoms with van der Waals surface area (Å²) in [4.78, 5) is 10.6. The molecule has 1 fully saturated rings. The lowest BCUT2D eigenvalue weighted by Gasteiger charge is -2.24. The predicted molar refractivity (Wildman–Crippen MR) is 47.2 cm³/mol. The summed E-state index contributed by atoms with van der Waals surface area (Å²) in [7, 11) is 0. The van der Waals surface area contributed by atoms with Gasteiger partial charge >= 0.3 is 5.97 Å². The maximum atomic E-state index is 10.6. The number of aliphatic hydroxyl groups excluding tert-OH is 4. The SMILES string of the molecule is O=C(O)C1(O)C[C@@H](O)[C@H]([C@H](O)[C@@H](O)CO)O1. The summed E-state index contributed by atoms with van der Waals surface area (Å²) in [5.74, 6) is -4.28. The Kier molecular flexibility index (Phi) is 3.84. The van der Waals surface area contributed by atoms with E-state index in [-0.39, 0.29) is 0 Å². The molecule has 0 radical (unpaired) electrons. The topological polar surface area (TPSA) is 148 Å². The van der Waals surface area contributed by atoms with Gasteiger partial charge in [0.1, 0.15) is 18.3 Å². The van der Waals surface area contributed by atoms with Crippen LogP contribution in [0.15, 0.2) is 0 Å². The number of carbonyl (C=O) groups is 1. The third kappa shape index (κ3) is 2.32. The molecule has 16 heavy (non-hydrogen) atoms. The fourth-order valence-corrected chi connectivity index (χ4v) is 1.51. The van der Waals surface area contributed by atoms with Crippen LogP contribution in [0.4, 0.5) is 0 Å². The molecule has 1 aliphatic heterocycles. The van der Waals surface area contributed by atoms with E-state index in [1.165, 1.54) is 0 Å². The predicted octanol–water partition coefficient (Wildman–Crippen LogP) is -3.38. The van der Waals surface area contributed by atoms with Crippen molar-refractivity contribution >= 4 is 5.97 Å². The zero-order valence-corrected chi connectivity index (χ0v) is 8.22. The molecule has 6 N–H and O–H groups in total. The molecule has 0 amide bonds. The monoisotopic (exact) mass is 238 g/mol. The zero-order valence-electron chi connectivity index (χ0n) is 8.22. The summed E-state index contributed by atoms with van der Waals surface area (Å²) in [6, 6.07) is 0. The molecule has 94 valence electrons. The summed E-state index contributed by atoms with van der Waals surface area (Å²) in [5, 5.41) is 54.4. The van der Waals surface area contributed by atoms with Crippen LogP contribution < -0.4 is 0 Å². The van der Waals surface area contributed by atoms with Crippen molar-refractivity contribution in [1.82, 2.24) is 0 Å². The fourth-order valence-electron chi connectivity index (χ4n) is 1.51. The molecule has 0 aliphatic carbocycles. The van der Waals surface area contributed by atoms with E-state index < -0.39 is 49.2 Å². The highest BCUT2D eigenvalue weighted by atomic mass is 16.7.